The predicted molar refractivity (Wildman–Crippen MR) is 92.7 cm³/mol. The molecule has 0 saturated carbocycles. The number of likely N-dealkylation sites (N-methyl/N-ethyl adjacent to an activating group) is 1. The lowest BCUT2D eigenvalue weighted by Gasteiger charge is -2.52. The summed E-state index contributed by atoms with van der Waals surface area (Å²) in [5, 5.41) is 0. The molecule has 1 N–H and O–H groups in total. The number of hydrogen-bond donors (Lipinski definition) is 1. The first-order chi connectivity index (χ1) is 11.4. The molecular formula is C18H28N4O2. The van der Waals surface area contributed by atoms with Crippen LogP contribution < -0.4 is 0 Å². The van der Waals surface area contributed by atoms with Gasteiger partial charge in [0.25, 0.3) is 5.91 Å². The predicted octanol–water partition coefficient (Wildman–Crippen LogP) is 1.42. The summed E-state index contributed by atoms with van der Waals surface area (Å²) in [5.41, 5.74) is 0.195. The molecular weight excluding hydrogens is 304 g/mol. The second-order valence-electron chi connectivity index (χ2n) is 7.47. The average Bonchev–Trinajstić information content (AvgIpc) is 3.10. The van der Waals surface area contributed by atoms with Crippen molar-refractivity contribution in [3.05, 3.63) is 24.0 Å². The van der Waals surface area contributed by atoms with E-state index in [0.717, 1.165) is 32.5 Å². The number of piperidine rings is 1. The van der Waals surface area contributed by atoms with Crippen molar-refractivity contribution in [3.63, 3.8) is 0 Å². The molecule has 6 nitrogen and oxygen atoms in total. The zero-order valence-corrected chi connectivity index (χ0v) is 14.9. The molecule has 132 valence electrons. The van der Waals surface area contributed by atoms with Gasteiger partial charge in [0.1, 0.15) is 11.2 Å². The Morgan fingerprint density at radius 1 is 1.25 bits per heavy atom. The Balaban J connectivity index is 1.75. The number of H-pyrrole nitrogens is 1. The van der Waals surface area contributed by atoms with Crippen molar-refractivity contribution in [3.8, 4) is 0 Å². The van der Waals surface area contributed by atoms with Gasteiger partial charge in [0.2, 0.25) is 5.91 Å². The summed E-state index contributed by atoms with van der Waals surface area (Å²) in [5.74, 6) is 0.778. The normalized spacial score (nSPS) is 21.8. The Bertz CT molecular complexity index is 588. The van der Waals surface area contributed by atoms with E-state index in [4.69, 9.17) is 0 Å². The standard InChI is InChI=1S/C18H28N4O2/c1-14(2)13-22-12-11-20(3)17(24)18(22)6-9-21(10-7-18)16(23)15-5-4-8-19-15/h4-5,8,14,19H,6-7,9-13H2,1-3H3. The maximum Gasteiger partial charge on any atom is 0.270 e. The molecule has 3 rings (SSSR count). The molecule has 3 heterocycles. The van der Waals surface area contributed by atoms with E-state index in [1.54, 1.807) is 12.3 Å². The second kappa shape index (κ2) is 6.59. The minimum atomic E-state index is -0.427. The number of hydrogen-bond acceptors (Lipinski definition) is 3. The van der Waals surface area contributed by atoms with Crippen LogP contribution in [0.2, 0.25) is 0 Å². The molecule has 2 fully saturated rings. The van der Waals surface area contributed by atoms with Crippen molar-refractivity contribution in [1.29, 1.82) is 0 Å². The average molecular weight is 332 g/mol. The van der Waals surface area contributed by atoms with Gasteiger partial charge in [0, 0.05) is 46.0 Å². The molecule has 0 atom stereocenters. The van der Waals surface area contributed by atoms with Gasteiger partial charge in [-0.1, -0.05) is 13.8 Å². The van der Waals surface area contributed by atoms with E-state index in [-0.39, 0.29) is 11.8 Å². The van der Waals surface area contributed by atoms with Crippen LogP contribution in [0.25, 0.3) is 0 Å². The molecule has 2 aliphatic rings. The molecule has 1 aromatic heterocycles. The van der Waals surface area contributed by atoms with Gasteiger partial charge >= 0.3 is 0 Å². The number of rotatable bonds is 3. The minimum Gasteiger partial charge on any atom is -0.357 e. The molecule has 2 aliphatic heterocycles. The van der Waals surface area contributed by atoms with Gasteiger partial charge in [0.15, 0.2) is 0 Å². The van der Waals surface area contributed by atoms with Gasteiger partial charge < -0.3 is 14.8 Å². The van der Waals surface area contributed by atoms with Crippen LogP contribution in [-0.2, 0) is 4.79 Å². The molecule has 0 unspecified atom stereocenters. The molecule has 0 aliphatic carbocycles. The molecule has 2 saturated heterocycles. The Labute approximate surface area is 143 Å². The summed E-state index contributed by atoms with van der Waals surface area (Å²) >= 11 is 0. The zero-order chi connectivity index (χ0) is 17.3. The second-order valence-corrected chi connectivity index (χ2v) is 7.47. The van der Waals surface area contributed by atoms with Gasteiger partial charge in [-0.05, 0) is 30.9 Å². The number of aromatic amines is 1. The lowest BCUT2D eigenvalue weighted by Crippen LogP contribution is -2.68. The van der Waals surface area contributed by atoms with Gasteiger partial charge in [-0.3, -0.25) is 14.5 Å². The van der Waals surface area contributed by atoms with E-state index in [9.17, 15) is 9.59 Å². The summed E-state index contributed by atoms with van der Waals surface area (Å²) < 4.78 is 0. The summed E-state index contributed by atoms with van der Waals surface area (Å²) in [6.07, 6.45) is 3.20. The molecule has 2 amide bonds. The molecule has 1 aromatic rings. The Hall–Kier alpha value is -1.82. The number of likely N-dealkylation sites (tertiary alicyclic amines) is 1. The largest absolute Gasteiger partial charge is 0.357 e. The first-order valence-electron chi connectivity index (χ1n) is 8.87. The molecule has 0 bridgehead atoms. The highest BCUT2D eigenvalue weighted by atomic mass is 16.2. The molecule has 1 spiro atoms. The van der Waals surface area contributed by atoms with Crippen LogP contribution in [0.4, 0.5) is 0 Å². The van der Waals surface area contributed by atoms with Crippen molar-refractivity contribution in [1.82, 2.24) is 19.7 Å². The molecule has 24 heavy (non-hydrogen) atoms. The number of nitrogens with one attached hydrogen (secondary N) is 1. The third-order valence-corrected chi connectivity index (χ3v) is 5.35. The summed E-state index contributed by atoms with van der Waals surface area (Å²) in [6.45, 7) is 8.30. The summed E-state index contributed by atoms with van der Waals surface area (Å²) in [6, 6.07) is 3.64. The van der Waals surface area contributed by atoms with Crippen LogP contribution in [0, 0.1) is 5.92 Å². The summed E-state index contributed by atoms with van der Waals surface area (Å²) in [7, 11) is 1.90. The summed E-state index contributed by atoms with van der Waals surface area (Å²) in [4.78, 5) is 34.6. The van der Waals surface area contributed by atoms with Crippen LogP contribution >= 0.6 is 0 Å². The van der Waals surface area contributed by atoms with Crippen molar-refractivity contribution >= 4 is 11.8 Å². The minimum absolute atomic E-state index is 0.0295. The Morgan fingerprint density at radius 3 is 2.54 bits per heavy atom. The lowest BCUT2D eigenvalue weighted by molar-refractivity contribution is -0.154. The smallest absolute Gasteiger partial charge is 0.270 e. The van der Waals surface area contributed by atoms with Gasteiger partial charge in [-0.2, -0.15) is 0 Å². The van der Waals surface area contributed by atoms with E-state index < -0.39 is 5.54 Å². The number of carbonyl (C=O) groups excluding carboxylic acids is 2. The van der Waals surface area contributed by atoms with Crippen molar-refractivity contribution < 1.29 is 9.59 Å². The molecule has 0 aromatic carbocycles. The van der Waals surface area contributed by atoms with Crippen LogP contribution in [0.3, 0.4) is 0 Å². The lowest BCUT2D eigenvalue weighted by atomic mass is 9.82. The first-order valence-corrected chi connectivity index (χ1v) is 8.87. The quantitative estimate of drug-likeness (QED) is 0.911. The third-order valence-electron chi connectivity index (χ3n) is 5.35. The van der Waals surface area contributed by atoms with Crippen molar-refractivity contribution in [2.45, 2.75) is 32.2 Å². The number of aromatic nitrogens is 1. The number of nitrogens with zero attached hydrogens (tertiary/aromatic N) is 3. The molecule has 6 heteroatoms. The third kappa shape index (κ3) is 2.95. The van der Waals surface area contributed by atoms with Crippen molar-refractivity contribution in [2.75, 3.05) is 39.8 Å². The number of carbonyl (C=O) groups is 2. The number of piperazine rings is 1. The fourth-order valence-corrected chi connectivity index (χ4v) is 4.03. The van der Waals surface area contributed by atoms with Crippen LogP contribution in [0.1, 0.15) is 37.2 Å². The highest BCUT2D eigenvalue weighted by molar-refractivity contribution is 5.93. The monoisotopic (exact) mass is 332 g/mol. The fraction of sp³-hybridized carbons (Fsp3) is 0.667. The van der Waals surface area contributed by atoms with E-state index in [0.29, 0.717) is 24.7 Å². The number of amides is 2. The van der Waals surface area contributed by atoms with E-state index in [2.05, 4.69) is 23.7 Å². The van der Waals surface area contributed by atoms with Gasteiger partial charge in [0.05, 0.1) is 0 Å². The fourth-order valence-electron chi connectivity index (χ4n) is 4.03. The zero-order valence-electron chi connectivity index (χ0n) is 14.9. The molecule has 0 radical (unpaired) electrons. The SMILES string of the molecule is CC(C)CN1CCN(C)C(=O)C12CCN(C(=O)c1ccc[nH]1)CC2. The Kier molecular flexibility index (Phi) is 4.67. The maximum atomic E-state index is 13.0. The Morgan fingerprint density at radius 2 is 1.96 bits per heavy atom. The van der Waals surface area contributed by atoms with Crippen LogP contribution in [0.5, 0.6) is 0 Å². The van der Waals surface area contributed by atoms with E-state index in [1.807, 2.05) is 22.9 Å². The highest BCUT2D eigenvalue weighted by Gasteiger charge is 2.50. The maximum absolute atomic E-state index is 13.0. The topological polar surface area (TPSA) is 59.6 Å². The van der Waals surface area contributed by atoms with E-state index >= 15 is 0 Å². The van der Waals surface area contributed by atoms with Crippen LogP contribution in [0.15, 0.2) is 18.3 Å². The van der Waals surface area contributed by atoms with Crippen LogP contribution in [-0.4, -0.2) is 76.8 Å². The van der Waals surface area contributed by atoms with Crippen molar-refractivity contribution in [2.24, 2.45) is 5.92 Å². The van der Waals surface area contributed by atoms with Gasteiger partial charge in [-0.25, -0.2) is 0 Å². The van der Waals surface area contributed by atoms with Gasteiger partial charge in [-0.15, -0.1) is 0 Å². The van der Waals surface area contributed by atoms with E-state index in [1.165, 1.54) is 0 Å². The first kappa shape index (κ1) is 17.0. The highest BCUT2D eigenvalue weighted by Crippen LogP contribution is 2.34.